The Labute approximate surface area is 159 Å². The second-order valence-corrected chi connectivity index (χ2v) is 6.69. The Kier molecular flexibility index (Phi) is 6.15. The average molecular weight is 361 g/mol. The molecule has 0 aliphatic heterocycles. The van der Waals surface area contributed by atoms with Crippen molar-refractivity contribution >= 4 is 5.91 Å². The van der Waals surface area contributed by atoms with Gasteiger partial charge in [-0.15, -0.1) is 0 Å². The Morgan fingerprint density at radius 3 is 2.44 bits per heavy atom. The van der Waals surface area contributed by atoms with Crippen molar-refractivity contribution in [2.45, 2.75) is 20.3 Å². The van der Waals surface area contributed by atoms with Crippen LogP contribution in [0.15, 0.2) is 67.0 Å². The Balaban J connectivity index is 1.68. The lowest BCUT2D eigenvalue weighted by molar-refractivity contribution is 0.0952. The van der Waals surface area contributed by atoms with Crippen molar-refractivity contribution in [3.63, 3.8) is 0 Å². The van der Waals surface area contributed by atoms with Crippen molar-refractivity contribution in [1.82, 2.24) is 15.3 Å². The van der Waals surface area contributed by atoms with Crippen LogP contribution in [-0.4, -0.2) is 22.4 Å². The van der Waals surface area contributed by atoms with E-state index in [0.29, 0.717) is 23.8 Å². The second kappa shape index (κ2) is 8.94. The zero-order chi connectivity index (χ0) is 19.1. The summed E-state index contributed by atoms with van der Waals surface area (Å²) < 4.78 is 5.61. The van der Waals surface area contributed by atoms with Gasteiger partial charge in [-0.1, -0.05) is 44.2 Å². The molecule has 0 bridgehead atoms. The summed E-state index contributed by atoms with van der Waals surface area (Å²) in [6.45, 7) is 4.95. The topological polar surface area (TPSA) is 64.1 Å². The minimum absolute atomic E-state index is 0.0672. The lowest BCUT2D eigenvalue weighted by atomic mass is 10.1. The van der Waals surface area contributed by atoms with Crippen LogP contribution in [0.3, 0.4) is 0 Å². The molecule has 0 aliphatic carbocycles. The standard InChI is InChI=1S/C22H23N3O2/c1-16(2)11-12-23-21(26)18-8-6-7-17(13-18)19-14-24-22(25-15-19)27-20-9-4-3-5-10-20/h3-10,13-16H,11-12H2,1-2H3,(H,23,26). The molecular formula is C22H23N3O2. The van der Waals surface area contributed by atoms with Crippen molar-refractivity contribution in [2.75, 3.05) is 6.54 Å². The Morgan fingerprint density at radius 2 is 1.74 bits per heavy atom. The third kappa shape index (κ3) is 5.38. The number of aromatic nitrogens is 2. The summed E-state index contributed by atoms with van der Waals surface area (Å²) in [6, 6.07) is 17.1. The molecule has 5 heteroatoms. The summed E-state index contributed by atoms with van der Waals surface area (Å²) in [6.07, 6.45) is 4.35. The van der Waals surface area contributed by atoms with Gasteiger partial charge in [0.05, 0.1) is 0 Å². The number of para-hydroxylation sites is 1. The van der Waals surface area contributed by atoms with E-state index in [-0.39, 0.29) is 11.9 Å². The van der Waals surface area contributed by atoms with Crippen LogP contribution in [0.25, 0.3) is 11.1 Å². The molecule has 0 fully saturated rings. The summed E-state index contributed by atoms with van der Waals surface area (Å²) in [5.41, 5.74) is 2.34. The van der Waals surface area contributed by atoms with Gasteiger partial charge >= 0.3 is 6.01 Å². The van der Waals surface area contributed by atoms with Gasteiger partial charge in [0.2, 0.25) is 0 Å². The van der Waals surface area contributed by atoms with Crippen LogP contribution >= 0.6 is 0 Å². The summed E-state index contributed by atoms with van der Waals surface area (Å²) in [7, 11) is 0. The van der Waals surface area contributed by atoms with Gasteiger partial charge in [-0.05, 0) is 42.2 Å². The maximum Gasteiger partial charge on any atom is 0.321 e. The highest BCUT2D eigenvalue weighted by atomic mass is 16.5. The number of ether oxygens (including phenoxy) is 1. The van der Waals surface area contributed by atoms with E-state index in [1.54, 1.807) is 12.4 Å². The fraction of sp³-hybridized carbons (Fsp3) is 0.227. The number of carbonyl (C=O) groups excluding carboxylic acids is 1. The molecule has 27 heavy (non-hydrogen) atoms. The smallest absolute Gasteiger partial charge is 0.321 e. The van der Waals surface area contributed by atoms with E-state index >= 15 is 0 Å². The molecule has 1 N–H and O–H groups in total. The van der Waals surface area contributed by atoms with E-state index in [9.17, 15) is 4.79 Å². The number of hydrogen-bond donors (Lipinski definition) is 1. The van der Waals surface area contributed by atoms with Crippen molar-refractivity contribution in [3.8, 4) is 22.9 Å². The van der Waals surface area contributed by atoms with Gasteiger partial charge in [0.1, 0.15) is 5.75 Å². The normalized spacial score (nSPS) is 10.6. The van der Waals surface area contributed by atoms with Gasteiger partial charge in [0.15, 0.2) is 0 Å². The molecular weight excluding hydrogens is 338 g/mol. The fourth-order valence-electron chi connectivity index (χ4n) is 2.53. The summed E-state index contributed by atoms with van der Waals surface area (Å²) in [4.78, 5) is 20.8. The van der Waals surface area contributed by atoms with E-state index in [4.69, 9.17) is 4.74 Å². The van der Waals surface area contributed by atoms with E-state index in [0.717, 1.165) is 17.5 Å². The summed E-state index contributed by atoms with van der Waals surface area (Å²) >= 11 is 0. The number of hydrogen-bond acceptors (Lipinski definition) is 4. The zero-order valence-electron chi connectivity index (χ0n) is 15.6. The number of nitrogens with zero attached hydrogens (tertiary/aromatic N) is 2. The molecule has 1 amide bonds. The lowest BCUT2D eigenvalue weighted by Gasteiger charge is -2.09. The van der Waals surface area contributed by atoms with Crippen molar-refractivity contribution in [2.24, 2.45) is 5.92 Å². The maximum atomic E-state index is 12.3. The van der Waals surface area contributed by atoms with Crippen LogP contribution in [0, 0.1) is 5.92 Å². The predicted molar refractivity (Wildman–Crippen MR) is 106 cm³/mol. The third-order valence-corrected chi connectivity index (χ3v) is 4.05. The van der Waals surface area contributed by atoms with Crippen LogP contribution < -0.4 is 10.1 Å². The SMILES string of the molecule is CC(C)CCNC(=O)c1cccc(-c2cnc(Oc3ccccc3)nc2)c1. The molecule has 138 valence electrons. The first-order valence-corrected chi connectivity index (χ1v) is 9.05. The monoisotopic (exact) mass is 361 g/mol. The van der Waals surface area contributed by atoms with Gasteiger partial charge in [0.25, 0.3) is 5.91 Å². The van der Waals surface area contributed by atoms with Crippen molar-refractivity contribution < 1.29 is 9.53 Å². The number of rotatable bonds is 7. The second-order valence-electron chi connectivity index (χ2n) is 6.69. The Hall–Kier alpha value is -3.21. The maximum absolute atomic E-state index is 12.3. The van der Waals surface area contributed by atoms with E-state index in [1.807, 2.05) is 54.6 Å². The van der Waals surface area contributed by atoms with Crippen LogP contribution in [-0.2, 0) is 0 Å². The predicted octanol–water partition coefficient (Wildman–Crippen LogP) is 4.71. The molecule has 0 atom stereocenters. The Bertz CT molecular complexity index is 878. The van der Waals surface area contributed by atoms with Crippen LogP contribution in [0.1, 0.15) is 30.6 Å². The molecule has 1 heterocycles. The molecule has 1 aromatic heterocycles. The van der Waals surface area contributed by atoms with Crippen molar-refractivity contribution in [3.05, 3.63) is 72.6 Å². The van der Waals surface area contributed by atoms with Gasteiger partial charge < -0.3 is 10.1 Å². The van der Waals surface area contributed by atoms with E-state index < -0.39 is 0 Å². The quantitative estimate of drug-likeness (QED) is 0.662. The molecule has 0 aliphatic rings. The van der Waals surface area contributed by atoms with Crippen LogP contribution in [0.2, 0.25) is 0 Å². The molecule has 0 unspecified atom stereocenters. The van der Waals surface area contributed by atoms with Gasteiger partial charge in [-0.3, -0.25) is 4.79 Å². The third-order valence-electron chi connectivity index (χ3n) is 4.05. The molecule has 0 saturated carbocycles. The fourth-order valence-corrected chi connectivity index (χ4v) is 2.53. The molecule has 0 radical (unpaired) electrons. The molecule has 5 nitrogen and oxygen atoms in total. The van der Waals surface area contributed by atoms with Gasteiger partial charge in [0, 0.05) is 30.1 Å². The molecule has 2 aromatic carbocycles. The molecule has 3 aromatic rings. The molecule has 0 spiro atoms. The van der Waals surface area contributed by atoms with Crippen molar-refractivity contribution in [1.29, 1.82) is 0 Å². The summed E-state index contributed by atoms with van der Waals surface area (Å²) in [5.74, 6) is 1.18. The molecule has 3 rings (SSSR count). The first-order chi connectivity index (χ1) is 13.1. The highest BCUT2D eigenvalue weighted by molar-refractivity contribution is 5.95. The minimum atomic E-state index is -0.0672. The summed E-state index contributed by atoms with van der Waals surface area (Å²) in [5, 5.41) is 2.96. The zero-order valence-corrected chi connectivity index (χ0v) is 15.6. The van der Waals surface area contributed by atoms with E-state index in [1.165, 1.54) is 0 Å². The number of carbonyl (C=O) groups is 1. The first-order valence-electron chi connectivity index (χ1n) is 9.05. The van der Waals surface area contributed by atoms with E-state index in [2.05, 4.69) is 29.1 Å². The first kappa shape index (κ1) is 18.6. The average Bonchev–Trinajstić information content (AvgIpc) is 2.69. The number of nitrogens with one attached hydrogen (secondary N) is 1. The number of amides is 1. The number of benzene rings is 2. The van der Waals surface area contributed by atoms with Crippen LogP contribution in [0.4, 0.5) is 0 Å². The van der Waals surface area contributed by atoms with Gasteiger partial charge in [-0.2, -0.15) is 0 Å². The highest BCUT2D eigenvalue weighted by Crippen LogP contribution is 2.22. The highest BCUT2D eigenvalue weighted by Gasteiger charge is 2.08. The minimum Gasteiger partial charge on any atom is -0.424 e. The van der Waals surface area contributed by atoms with Crippen LogP contribution in [0.5, 0.6) is 11.8 Å². The lowest BCUT2D eigenvalue weighted by Crippen LogP contribution is -2.25. The molecule has 0 saturated heterocycles. The Morgan fingerprint density at radius 1 is 1.00 bits per heavy atom. The largest absolute Gasteiger partial charge is 0.424 e. The van der Waals surface area contributed by atoms with Gasteiger partial charge in [-0.25, -0.2) is 9.97 Å².